The largest absolute Gasteiger partial charge is 0.479 e. The van der Waals surface area contributed by atoms with Crippen molar-refractivity contribution in [2.75, 3.05) is 26.9 Å². The number of amides is 1. The molecule has 1 aromatic rings. The van der Waals surface area contributed by atoms with Gasteiger partial charge in [0.05, 0.1) is 19.2 Å². The highest BCUT2D eigenvalue weighted by Crippen LogP contribution is 2.30. The lowest BCUT2D eigenvalue weighted by molar-refractivity contribution is 0.0533. The maximum absolute atomic E-state index is 11.9. The molecule has 0 spiro atoms. The van der Waals surface area contributed by atoms with Gasteiger partial charge in [0.15, 0.2) is 0 Å². The number of terminal acetylenes is 2. The minimum atomic E-state index is -0.617. The first kappa shape index (κ1) is 23.3. The first-order valence-electron chi connectivity index (χ1n) is 8.56. The highest BCUT2D eigenvalue weighted by atomic mass is 16.6. The zero-order valence-electron chi connectivity index (χ0n) is 16.9. The van der Waals surface area contributed by atoms with Crippen molar-refractivity contribution in [2.24, 2.45) is 0 Å². The van der Waals surface area contributed by atoms with Gasteiger partial charge in [-0.1, -0.05) is 23.7 Å². The Morgan fingerprint density at radius 1 is 1.07 bits per heavy atom. The van der Waals surface area contributed by atoms with Crippen molar-refractivity contribution in [1.82, 2.24) is 5.32 Å². The molecular formula is C22H23NO6. The molecule has 0 aliphatic heterocycles. The van der Waals surface area contributed by atoms with E-state index in [-0.39, 0.29) is 36.8 Å². The van der Waals surface area contributed by atoms with Crippen molar-refractivity contribution in [3.8, 4) is 48.0 Å². The molecule has 0 fully saturated rings. The zero-order chi connectivity index (χ0) is 21.9. The maximum Gasteiger partial charge on any atom is 0.408 e. The third-order valence-corrected chi connectivity index (χ3v) is 3.04. The monoisotopic (exact) mass is 397 g/mol. The summed E-state index contributed by atoms with van der Waals surface area (Å²) in [5.41, 5.74) is -0.105. The summed E-state index contributed by atoms with van der Waals surface area (Å²) < 4.78 is 20.9. The summed E-state index contributed by atoms with van der Waals surface area (Å²) in [6, 6.07) is 2.88. The zero-order valence-corrected chi connectivity index (χ0v) is 16.9. The number of rotatable bonds is 6. The number of carbonyl (C=O) groups is 2. The van der Waals surface area contributed by atoms with E-state index in [1.54, 1.807) is 20.8 Å². The van der Waals surface area contributed by atoms with E-state index in [1.165, 1.54) is 19.2 Å². The molecule has 0 aliphatic rings. The third-order valence-electron chi connectivity index (χ3n) is 3.04. The Labute approximate surface area is 171 Å². The fourth-order valence-electron chi connectivity index (χ4n) is 1.98. The van der Waals surface area contributed by atoms with Gasteiger partial charge in [0.1, 0.15) is 35.9 Å². The van der Waals surface area contributed by atoms with Gasteiger partial charge in [-0.05, 0) is 32.9 Å². The van der Waals surface area contributed by atoms with Gasteiger partial charge >= 0.3 is 12.1 Å². The summed E-state index contributed by atoms with van der Waals surface area (Å²) >= 11 is 0. The molecule has 0 saturated carbocycles. The molecule has 1 N–H and O–H groups in total. The van der Waals surface area contributed by atoms with Gasteiger partial charge in [-0.3, -0.25) is 0 Å². The van der Waals surface area contributed by atoms with Crippen LogP contribution in [0.2, 0.25) is 0 Å². The van der Waals surface area contributed by atoms with Crippen LogP contribution < -0.4 is 14.8 Å². The quantitative estimate of drug-likeness (QED) is 0.586. The van der Waals surface area contributed by atoms with Crippen LogP contribution in [-0.2, 0) is 9.47 Å². The van der Waals surface area contributed by atoms with Gasteiger partial charge in [-0.25, -0.2) is 9.59 Å². The molecule has 0 heterocycles. The van der Waals surface area contributed by atoms with Gasteiger partial charge in [-0.2, -0.15) is 0 Å². The molecule has 0 bridgehead atoms. The van der Waals surface area contributed by atoms with Crippen LogP contribution in [0.4, 0.5) is 4.79 Å². The van der Waals surface area contributed by atoms with Crippen molar-refractivity contribution >= 4 is 12.1 Å². The third kappa shape index (κ3) is 8.20. The first-order valence-corrected chi connectivity index (χ1v) is 8.56. The van der Waals surface area contributed by atoms with Gasteiger partial charge in [-0.15, -0.1) is 12.8 Å². The van der Waals surface area contributed by atoms with E-state index in [0.29, 0.717) is 5.56 Å². The molecule has 0 aliphatic carbocycles. The summed E-state index contributed by atoms with van der Waals surface area (Å²) in [5.74, 6) is 10.2. The smallest absolute Gasteiger partial charge is 0.408 e. The Kier molecular flexibility index (Phi) is 8.96. The number of carbonyl (C=O) groups excluding carboxylic acids is 2. The number of nitrogens with one attached hydrogen (secondary N) is 1. The minimum Gasteiger partial charge on any atom is -0.479 e. The number of hydrogen-bond donors (Lipinski definition) is 1. The number of hydrogen-bond acceptors (Lipinski definition) is 6. The van der Waals surface area contributed by atoms with Crippen LogP contribution in [0.1, 0.15) is 36.7 Å². The van der Waals surface area contributed by atoms with E-state index in [9.17, 15) is 9.59 Å². The Balaban J connectivity index is 3.18. The number of esters is 1. The number of alkyl carbamates (subject to hydrolysis) is 1. The van der Waals surface area contributed by atoms with Gasteiger partial charge < -0.3 is 24.3 Å². The van der Waals surface area contributed by atoms with Gasteiger partial charge in [0.25, 0.3) is 0 Å². The van der Waals surface area contributed by atoms with Crippen molar-refractivity contribution < 1.29 is 28.5 Å². The fraction of sp³-hybridized carbons (Fsp3) is 0.364. The molecule has 1 aromatic carbocycles. The lowest BCUT2D eigenvalue weighted by Gasteiger charge is -2.19. The highest BCUT2D eigenvalue weighted by Gasteiger charge is 2.17. The van der Waals surface area contributed by atoms with Gasteiger partial charge in [0.2, 0.25) is 0 Å². The SMILES string of the molecule is C#CCOc1cc(C(=O)OC)cc(OCC#C)c1C#CCNC(=O)OC(C)(C)C. The van der Waals surface area contributed by atoms with E-state index >= 15 is 0 Å². The molecule has 0 radical (unpaired) electrons. The summed E-state index contributed by atoms with van der Waals surface area (Å²) in [7, 11) is 1.25. The Bertz CT molecular complexity index is 848. The molecule has 7 heteroatoms. The van der Waals surface area contributed by atoms with Crippen LogP contribution in [0, 0.1) is 36.5 Å². The molecule has 0 aromatic heterocycles. The van der Waals surface area contributed by atoms with Crippen molar-refractivity contribution in [2.45, 2.75) is 26.4 Å². The molecule has 1 rings (SSSR count). The highest BCUT2D eigenvalue weighted by molar-refractivity contribution is 5.91. The van der Waals surface area contributed by atoms with Crippen LogP contribution in [0.15, 0.2) is 12.1 Å². The van der Waals surface area contributed by atoms with E-state index < -0.39 is 17.7 Å². The minimum absolute atomic E-state index is 0.0107. The van der Waals surface area contributed by atoms with Crippen LogP contribution in [-0.4, -0.2) is 44.5 Å². The lowest BCUT2D eigenvalue weighted by atomic mass is 10.1. The topological polar surface area (TPSA) is 83.1 Å². The predicted octanol–water partition coefficient (Wildman–Crippen LogP) is 2.37. The predicted molar refractivity (Wildman–Crippen MR) is 108 cm³/mol. The van der Waals surface area contributed by atoms with Crippen LogP contribution in [0.25, 0.3) is 0 Å². The Hall–Kier alpha value is -3.76. The average Bonchev–Trinajstić information content (AvgIpc) is 2.66. The van der Waals surface area contributed by atoms with E-state index in [2.05, 4.69) is 29.0 Å². The number of methoxy groups -OCH3 is 1. The van der Waals surface area contributed by atoms with E-state index in [1.807, 2.05) is 0 Å². The van der Waals surface area contributed by atoms with Crippen LogP contribution in [0.3, 0.4) is 0 Å². The molecular weight excluding hydrogens is 374 g/mol. The standard InChI is InChI=1S/C22H23NO6/c1-7-12-27-18-14-16(20(24)26-6)15-19(28-13-8-2)17(18)10-9-11-23-21(25)29-22(3,4)5/h1-2,14-15H,11-13H2,3-6H3,(H,23,25). The summed E-state index contributed by atoms with van der Waals surface area (Å²) in [6.45, 7) is 5.17. The van der Waals surface area contributed by atoms with E-state index in [4.69, 9.17) is 31.8 Å². The van der Waals surface area contributed by atoms with Gasteiger partial charge in [0, 0.05) is 0 Å². The normalized spacial score (nSPS) is 9.72. The molecule has 29 heavy (non-hydrogen) atoms. The molecule has 1 amide bonds. The number of ether oxygens (including phenoxy) is 4. The number of benzene rings is 1. The summed E-state index contributed by atoms with van der Waals surface area (Å²) in [6.07, 6.45) is 9.91. The summed E-state index contributed by atoms with van der Waals surface area (Å²) in [4.78, 5) is 23.6. The lowest BCUT2D eigenvalue weighted by Crippen LogP contribution is -2.32. The molecule has 0 saturated heterocycles. The second-order valence-corrected chi connectivity index (χ2v) is 6.48. The molecule has 0 unspecified atom stereocenters. The Morgan fingerprint density at radius 2 is 1.62 bits per heavy atom. The van der Waals surface area contributed by atoms with E-state index in [0.717, 1.165) is 0 Å². The summed E-state index contributed by atoms with van der Waals surface area (Å²) in [5, 5.41) is 2.52. The average molecular weight is 397 g/mol. The molecule has 0 atom stereocenters. The van der Waals surface area contributed by atoms with Crippen molar-refractivity contribution in [3.63, 3.8) is 0 Å². The maximum atomic E-state index is 11.9. The Morgan fingerprint density at radius 3 is 2.07 bits per heavy atom. The molecule has 152 valence electrons. The second kappa shape index (κ2) is 11.2. The van der Waals surface area contributed by atoms with Crippen molar-refractivity contribution in [1.29, 1.82) is 0 Å². The van der Waals surface area contributed by atoms with Crippen LogP contribution >= 0.6 is 0 Å². The fourth-order valence-corrected chi connectivity index (χ4v) is 1.98. The molecule has 7 nitrogen and oxygen atoms in total. The van der Waals surface area contributed by atoms with Crippen molar-refractivity contribution in [3.05, 3.63) is 23.3 Å². The second-order valence-electron chi connectivity index (χ2n) is 6.48. The van der Waals surface area contributed by atoms with Crippen LogP contribution in [0.5, 0.6) is 11.5 Å². The first-order chi connectivity index (χ1) is 13.7.